The molecule has 6 heteroatoms. The third kappa shape index (κ3) is 3.52. The Bertz CT molecular complexity index is 706. The first-order chi connectivity index (χ1) is 10.4. The smallest absolute Gasteiger partial charge is 0.305 e. The molecule has 116 valence electrons. The zero-order valence-corrected chi connectivity index (χ0v) is 12.7. The molecule has 2 N–H and O–H groups in total. The van der Waals surface area contributed by atoms with E-state index in [1.165, 1.54) is 0 Å². The molecule has 1 heterocycles. The van der Waals surface area contributed by atoms with E-state index in [0.29, 0.717) is 11.6 Å². The number of carboxylic acids is 1. The number of carbonyl (C=O) groups is 2. The van der Waals surface area contributed by atoms with Crippen molar-refractivity contribution in [2.24, 2.45) is 0 Å². The predicted molar refractivity (Wildman–Crippen MR) is 79.6 cm³/mol. The first-order valence-electron chi connectivity index (χ1n) is 6.90. The molecule has 0 saturated heterocycles. The van der Waals surface area contributed by atoms with Crippen molar-refractivity contribution in [3.63, 3.8) is 0 Å². The van der Waals surface area contributed by atoms with Gasteiger partial charge in [0.05, 0.1) is 18.2 Å². The molecule has 0 spiro atoms. The molecular formula is C16H18N2O4. The second-order valence-corrected chi connectivity index (χ2v) is 5.13. The van der Waals surface area contributed by atoms with Crippen LogP contribution < -0.4 is 5.32 Å². The van der Waals surface area contributed by atoms with Crippen molar-refractivity contribution in [1.29, 1.82) is 0 Å². The fourth-order valence-electron chi connectivity index (χ4n) is 2.36. The van der Waals surface area contributed by atoms with E-state index in [1.54, 1.807) is 13.8 Å². The van der Waals surface area contributed by atoms with Gasteiger partial charge in [0.15, 0.2) is 5.89 Å². The minimum absolute atomic E-state index is 0.112. The summed E-state index contributed by atoms with van der Waals surface area (Å²) >= 11 is 0. The lowest BCUT2D eigenvalue weighted by molar-refractivity contribution is -0.137. The summed E-state index contributed by atoms with van der Waals surface area (Å²) in [5, 5.41) is 11.8. The van der Waals surface area contributed by atoms with Crippen molar-refractivity contribution >= 4 is 11.9 Å². The van der Waals surface area contributed by atoms with Gasteiger partial charge in [0, 0.05) is 6.92 Å². The van der Waals surface area contributed by atoms with Gasteiger partial charge in [-0.05, 0) is 25.0 Å². The van der Waals surface area contributed by atoms with E-state index in [-0.39, 0.29) is 12.2 Å². The Kier molecular flexibility index (Phi) is 4.60. The van der Waals surface area contributed by atoms with Gasteiger partial charge in [-0.15, -0.1) is 0 Å². The number of aliphatic carboxylic acids is 1. The van der Waals surface area contributed by atoms with Crippen molar-refractivity contribution in [2.75, 3.05) is 0 Å². The number of amides is 1. The minimum atomic E-state index is -0.987. The molecule has 0 unspecified atom stereocenters. The molecule has 1 amide bonds. The van der Waals surface area contributed by atoms with Crippen LogP contribution in [-0.4, -0.2) is 22.0 Å². The number of nitrogens with zero attached hydrogens (tertiary/aromatic N) is 1. The van der Waals surface area contributed by atoms with Gasteiger partial charge in [0.2, 0.25) is 5.76 Å². The van der Waals surface area contributed by atoms with Crippen LogP contribution in [0.15, 0.2) is 28.7 Å². The summed E-state index contributed by atoms with van der Waals surface area (Å²) in [5.41, 5.74) is 2.17. The third-order valence-corrected chi connectivity index (χ3v) is 3.36. The summed E-state index contributed by atoms with van der Waals surface area (Å²) < 4.78 is 5.28. The summed E-state index contributed by atoms with van der Waals surface area (Å²) in [7, 11) is 0. The quantitative estimate of drug-likeness (QED) is 0.885. The maximum absolute atomic E-state index is 12.3. The molecule has 2 rings (SSSR count). The molecule has 1 aromatic carbocycles. The number of carbonyl (C=O) groups excluding carboxylic acids is 1. The van der Waals surface area contributed by atoms with Crippen LogP contribution in [0.5, 0.6) is 0 Å². The van der Waals surface area contributed by atoms with Crippen LogP contribution in [0.1, 0.15) is 45.7 Å². The molecule has 0 fully saturated rings. The maximum Gasteiger partial charge on any atom is 0.305 e. The van der Waals surface area contributed by atoms with Crippen molar-refractivity contribution < 1.29 is 19.1 Å². The van der Waals surface area contributed by atoms with Crippen LogP contribution in [0.2, 0.25) is 0 Å². The third-order valence-electron chi connectivity index (χ3n) is 3.36. The molecule has 0 aliphatic rings. The normalized spacial score (nSPS) is 12.0. The monoisotopic (exact) mass is 302 g/mol. The van der Waals surface area contributed by atoms with Gasteiger partial charge in [-0.25, -0.2) is 4.98 Å². The molecule has 0 aliphatic heterocycles. The number of rotatable bonds is 5. The summed E-state index contributed by atoms with van der Waals surface area (Å²) in [6, 6.07) is 6.73. The Morgan fingerprint density at radius 1 is 1.27 bits per heavy atom. The molecular weight excluding hydrogens is 284 g/mol. The van der Waals surface area contributed by atoms with Crippen molar-refractivity contribution in [3.8, 4) is 0 Å². The standard InChI is InChI=1S/C16H18N2O4/c1-9-6-4-5-7-12(9)13(8-14(19)20)18-16(21)15-10(2)17-11(3)22-15/h4-7,13H,8H2,1-3H3,(H,18,21)(H,19,20)/t13-/m0/s1. The molecule has 1 aromatic heterocycles. The van der Waals surface area contributed by atoms with Gasteiger partial charge < -0.3 is 14.8 Å². The number of hydrogen-bond acceptors (Lipinski definition) is 4. The number of benzene rings is 1. The average Bonchev–Trinajstić information content (AvgIpc) is 2.77. The molecule has 2 aromatic rings. The van der Waals surface area contributed by atoms with Gasteiger partial charge in [0.25, 0.3) is 5.91 Å². The fraction of sp³-hybridized carbons (Fsp3) is 0.312. The van der Waals surface area contributed by atoms with Crippen LogP contribution in [0.3, 0.4) is 0 Å². The largest absolute Gasteiger partial charge is 0.481 e. The summed E-state index contributed by atoms with van der Waals surface area (Å²) in [5.74, 6) is -0.943. The topological polar surface area (TPSA) is 92.4 Å². The van der Waals surface area contributed by atoms with Gasteiger partial charge in [-0.1, -0.05) is 24.3 Å². The van der Waals surface area contributed by atoms with E-state index in [0.717, 1.165) is 11.1 Å². The Morgan fingerprint density at radius 3 is 2.50 bits per heavy atom. The van der Waals surface area contributed by atoms with E-state index >= 15 is 0 Å². The second kappa shape index (κ2) is 6.43. The first kappa shape index (κ1) is 15.8. The van der Waals surface area contributed by atoms with Crippen LogP contribution in [0.25, 0.3) is 0 Å². The molecule has 1 atom stereocenters. The van der Waals surface area contributed by atoms with E-state index < -0.39 is 17.9 Å². The zero-order chi connectivity index (χ0) is 16.3. The number of oxazole rings is 1. The predicted octanol–water partition coefficient (Wildman–Crippen LogP) is 2.55. The van der Waals surface area contributed by atoms with Gasteiger partial charge in [-0.3, -0.25) is 9.59 Å². The average molecular weight is 302 g/mol. The SMILES string of the molecule is Cc1nc(C)c(C(=O)N[C@@H](CC(=O)O)c2ccccc2C)o1. The summed E-state index contributed by atoms with van der Waals surface area (Å²) in [4.78, 5) is 27.5. The van der Waals surface area contributed by atoms with E-state index in [9.17, 15) is 9.59 Å². The maximum atomic E-state index is 12.3. The number of hydrogen-bond donors (Lipinski definition) is 2. The number of nitrogens with one attached hydrogen (secondary N) is 1. The molecule has 0 radical (unpaired) electrons. The van der Waals surface area contributed by atoms with Crippen LogP contribution in [-0.2, 0) is 4.79 Å². The van der Waals surface area contributed by atoms with Gasteiger partial charge in [0.1, 0.15) is 0 Å². The van der Waals surface area contributed by atoms with Crippen LogP contribution in [0.4, 0.5) is 0 Å². The van der Waals surface area contributed by atoms with Gasteiger partial charge >= 0.3 is 5.97 Å². The Labute approximate surface area is 128 Å². The molecule has 0 saturated carbocycles. The summed E-state index contributed by atoms with van der Waals surface area (Å²) in [6.45, 7) is 5.20. The number of carboxylic acid groups (broad SMARTS) is 1. The lowest BCUT2D eigenvalue weighted by atomic mass is 9.98. The Morgan fingerprint density at radius 2 is 1.95 bits per heavy atom. The Balaban J connectivity index is 2.27. The van der Waals surface area contributed by atoms with Gasteiger partial charge in [-0.2, -0.15) is 0 Å². The number of aryl methyl sites for hydroxylation is 3. The summed E-state index contributed by atoms with van der Waals surface area (Å²) in [6.07, 6.45) is -0.206. The van der Waals surface area contributed by atoms with Crippen LogP contribution in [0, 0.1) is 20.8 Å². The molecule has 0 bridgehead atoms. The first-order valence-corrected chi connectivity index (χ1v) is 6.90. The molecule has 22 heavy (non-hydrogen) atoms. The lowest BCUT2D eigenvalue weighted by Crippen LogP contribution is -2.30. The second-order valence-electron chi connectivity index (χ2n) is 5.13. The van der Waals surface area contributed by atoms with E-state index in [1.807, 2.05) is 31.2 Å². The minimum Gasteiger partial charge on any atom is -0.481 e. The van der Waals surface area contributed by atoms with E-state index in [2.05, 4.69) is 10.3 Å². The fourth-order valence-corrected chi connectivity index (χ4v) is 2.36. The van der Waals surface area contributed by atoms with E-state index in [4.69, 9.17) is 9.52 Å². The number of aromatic nitrogens is 1. The van der Waals surface area contributed by atoms with Crippen LogP contribution >= 0.6 is 0 Å². The highest BCUT2D eigenvalue weighted by Gasteiger charge is 2.23. The highest BCUT2D eigenvalue weighted by Crippen LogP contribution is 2.22. The van der Waals surface area contributed by atoms with Crippen molar-refractivity contribution in [1.82, 2.24) is 10.3 Å². The van der Waals surface area contributed by atoms with Crippen molar-refractivity contribution in [3.05, 3.63) is 52.7 Å². The van der Waals surface area contributed by atoms with Crippen molar-refractivity contribution in [2.45, 2.75) is 33.2 Å². The molecule has 6 nitrogen and oxygen atoms in total. The Hall–Kier alpha value is -2.63. The molecule has 0 aliphatic carbocycles. The lowest BCUT2D eigenvalue weighted by Gasteiger charge is -2.18. The zero-order valence-electron chi connectivity index (χ0n) is 12.7. The highest BCUT2D eigenvalue weighted by atomic mass is 16.4. The highest BCUT2D eigenvalue weighted by molar-refractivity contribution is 5.93.